The van der Waals surface area contributed by atoms with E-state index >= 15 is 0 Å². The van der Waals surface area contributed by atoms with E-state index < -0.39 is 11.6 Å². The van der Waals surface area contributed by atoms with Gasteiger partial charge >= 0.3 is 5.97 Å². The van der Waals surface area contributed by atoms with Gasteiger partial charge in [0.1, 0.15) is 5.60 Å². The van der Waals surface area contributed by atoms with Gasteiger partial charge in [0.05, 0.1) is 29.8 Å². The maximum Gasteiger partial charge on any atom is 0.338 e. The Hall–Kier alpha value is -3.16. The molecule has 3 rings (SSSR count). The minimum atomic E-state index is -0.557. The number of nitrogens with zero attached hydrogens (tertiary/aromatic N) is 4. The molecule has 0 aliphatic rings. The number of H-pyrrole nitrogens is 1. The lowest BCUT2D eigenvalue weighted by molar-refractivity contribution is 0.00695. The van der Waals surface area contributed by atoms with Gasteiger partial charge in [-0.05, 0) is 45.0 Å². The highest BCUT2D eigenvalue weighted by atomic mass is 16.6. The van der Waals surface area contributed by atoms with Gasteiger partial charge in [0, 0.05) is 0 Å². The molecule has 0 unspecified atom stereocenters. The highest BCUT2D eigenvalue weighted by Gasteiger charge is 2.18. The van der Waals surface area contributed by atoms with Gasteiger partial charge in [0.25, 0.3) is 5.56 Å². The van der Waals surface area contributed by atoms with Crippen molar-refractivity contribution in [3.63, 3.8) is 0 Å². The second-order valence-corrected chi connectivity index (χ2v) is 6.20. The number of benzene rings is 1. The fraction of sp³-hybridized carbons (Fsp3) is 0.250. The van der Waals surface area contributed by atoms with Crippen LogP contribution in [0.5, 0.6) is 0 Å². The fourth-order valence-corrected chi connectivity index (χ4v) is 2.14. The lowest BCUT2D eigenvalue weighted by Gasteiger charge is -2.19. The van der Waals surface area contributed by atoms with Crippen molar-refractivity contribution in [3.8, 4) is 11.4 Å². The number of carbonyl (C=O) groups is 1. The van der Waals surface area contributed by atoms with Crippen molar-refractivity contribution in [2.24, 2.45) is 0 Å². The zero-order valence-electron chi connectivity index (χ0n) is 13.6. The van der Waals surface area contributed by atoms with E-state index in [-0.39, 0.29) is 5.56 Å². The zero-order chi connectivity index (χ0) is 17.3. The van der Waals surface area contributed by atoms with E-state index in [0.29, 0.717) is 16.9 Å². The smallest absolute Gasteiger partial charge is 0.338 e. The van der Waals surface area contributed by atoms with E-state index in [2.05, 4.69) is 15.4 Å². The molecular formula is C16H17N5O3. The molecule has 124 valence electrons. The van der Waals surface area contributed by atoms with Crippen LogP contribution in [0.3, 0.4) is 0 Å². The lowest BCUT2D eigenvalue weighted by Crippen LogP contribution is -2.24. The van der Waals surface area contributed by atoms with Gasteiger partial charge in [-0.25, -0.2) is 14.2 Å². The highest BCUT2D eigenvalue weighted by molar-refractivity contribution is 5.89. The van der Waals surface area contributed by atoms with Crippen LogP contribution in [0.1, 0.15) is 31.1 Å². The molecule has 2 heterocycles. The summed E-state index contributed by atoms with van der Waals surface area (Å²) in [7, 11) is 0. The Labute approximate surface area is 137 Å². The molecule has 0 spiro atoms. The average Bonchev–Trinajstić information content (AvgIpc) is 3.15. The predicted octanol–water partition coefficient (Wildman–Crippen LogP) is 1.70. The van der Waals surface area contributed by atoms with Crippen molar-refractivity contribution in [1.82, 2.24) is 24.8 Å². The number of rotatable bonds is 3. The Morgan fingerprint density at radius 1 is 1.21 bits per heavy atom. The van der Waals surface area contributed by atoms with Gasteiger partial charge in [-0.1, -0.05) is 5.21 Å². The number of aromatic nitrogens is 5. The first-order valence-corrected chi connectivity index (χ1v) is 7.36. The van der Waals surface area contributed by atoms with Crippen molar-refractivity contribution in [2.75, 3.05) is 0 Å². The summed E-state index contributed by atoms with van der Waals surface area (Å²) in [6, 6.07) is 6.57. The monoisotopic (exact) mass is 327 g/mol. The van der Waals surface area contributed by atoms with Crippen molar-refractivity contribution in [1.29, 1.82) is 0 Å². The third-order valence-electron chi connectivity index (χ3n) is 3.18. The largest absolute Gasteiger partial charge is 0.456 e. The molecule has 2 aromatic heterocycles. The van der Waals surface area contributed by atoms with Gasteiger partial charge in [0.2, 0.25) is 0 Å². The van der Waals surface area contributed by atoms with Crippen LogP contribution in [0, 0.1) is 0 Å². The van der Waals surface area contributed by atoms with Gasteiger partial charge < -0.3 is 4.74 Å². The van der Waals surface area contributed by atoms with Crippen LogP contribution in [0.4, 0.5) is 0 Å². The van der Waals surface area contributed by atoms with Crippen molar-refractivity contribution >= 4 is 5.97 Å². The molecule has 0 fully saturated rings. The molecule has 0 aliphatic heterocycles. The number of hydrogen-bond acceptors (Lipinski definition) is 5. The molecule has 1 N–H and O–H groups in total. The summed E-state index contributed by atoms with van der Waals surface area (Å²) >= 11 is 0. The quantitative estimate of drug-likeness (QED) is 0.739. The third-order valence-corrected chi connectivity index (χ3v) is 3.18. The molecule has 0 amide bonds. The summed E-state index contributed by atoms with van der Waals surface area (Å²) in [6.45, 7) is 5.43. The summed E-state index contributed by atoms with van der Waals surface area (Å²) in [5.74, 6) is -0.406. The van der Waals surface area contributed by atoms with E-state index in [4.69, 9.17) is 4.74 Å². The van der Waals surface area contributed by atoms with Crippen LogP contribution in [0.25, 0.3) is 11.4 Å². The van der Waals surface area contributed by atoms with Crippen molar-refractivity contribution in [3.05, 3.63) is 58.8 Å². The molecule has 0 bridgehead atoms. The third kappa shape index (κ3) is 3.12. The summed E-state index contributed by atoms with van der Waals surface area (Å²) in [5, 5.41) is 10.3. The Balaban J connectivity index is 1.87. The lowest BCUT2D eigenvalue weighted by atomic mass is 10.1. The second kappa shape index (κ2) is 5.80. The Kier molecular flexibility index (Phi) is 3.80. The molecule has 3 aromatic rings. The van der Waals surface area contributed by atoms with E-state index in [9.17, 15) is 9.59 Å². The SMILES string of the molecule is CC(C)(C)OC(=O)c1ccc(-n2[nH]cc(-n3ccnn3)c2=O)cc1. The van der Waals surface area contributed by atoms with Crippen LogP contribution in [-0.2, 0) is 4.74 Å². The topological polar surface area (TPSA) is 94.8 Å². The minimum absolute atomic E-state index is 0.273. The molecule has 0 radical (unpaired) electrons. The van der Waals surface area contributed by atoms with Crippen LogP contribution >= 0.6 is 0 Å². The van der Waals surface area contributed by atoms with E-state index in [1.54, 1.807) is 36.7 Å². The first-order valence-electron chi connectivity index (χ1n) is 7.36. The maximum absolute atomic E-state index is 12.4. The number of nitrogens with one attached hydrogen (secondary N) is 1. The molecule has 0 aliphatic carbocycles. The fourth-order valence-electron chi connectivity index (χ4n) is 2.14. The minimum Gasteiger partial charge on any atom is -0.456 e. The normalized spacial score (nSPS) is 11.5. The first-order chi connectivity index (χ1) is 11.3. The van der Waals surface area contributed by atoms with Crippen molar-refractivity contribution < 1.29 is 9.53 Å². The van der Waals surface area contributed by atoms with Gasteiger partial charge in [0.15, 0.2) is 5.69 Å². The molecule has 24 heavy (non-hydrogen) atoms. The summed E-state index contributed by atoms with van der Waals surface area (Å²) in [4.78, 5) is 24.4. The molecule has 1 aromatic carbocycles. The van der Waals surface area contributed by atoms with E-state index in [0.717, 1.165) is 0 Å². The molecule has 8 heteroatoms. The van der Waals surface area contributed by atoms with Crippen LogP contribution < -0.4 is 5.56 Å². The summed E-state index contributed by atoms with van der Waals surface area (Å²) in [5.41, 5.74) is 0.538. The number of ether oxygens (including phenoxy) is 1. The molecular weight excluding hydrogens is 310 g/mol. The molecule has 0 saturated carbocycles. The zero-order valence-corrected chi connectivity index (χ0v) is 13.6. The second-order valence-electron chi connectivity index (χ2n) is 6.20. The Morgan fingerprint density at radius 2 is 1.92 bits per heavy atom. The van der Waals surface area contributed by atoms with Crippen LogP contribution in [-0.4, -0.2) is 36.3 Å². The predicted molar refractivity (Wildman–Crippen MR) is 86.5 cm³/mol. The number of esters is 1. The Bertz CT molecular complexity index is 899. The highest BCUT2D eigenvalue weighted by Crippen LogP contribution is 2.14. The van der Waals surface area contributed by atoms with Gasteiger partial charge in [-0.15, -0.1) is 5.10 Å². The maximum atomic E-state index is 12.4. The standard InChI is InChI=1S/C16H17N5O3/c1-16(2,3)24-15(23)11-4-6-12(7-5-11)21-14(22)13(10-18-21)20-9-8-17-19-20/h4-10,18H,1-3H3. The van der Waals surface area contributed by atoms with Gasteiger partial charge in [-0.2, -0.15) is 0 Å². The number of hydrogen-bond donors (Lipinski definition) is 1. The average molecular weight is 327 g/mol. The molecule has 8 nitrogen and oxygen atoms in total. The summed E-state index contributed by atoms with van der Waals surface area (Å²) < 4.78 is 8.05. The Morgan fingerprint density at radius 3 is 2.50 bits per heavy atom. The molecule has 0 atom stereocenters. The molecule has 0 saturated heterocycles. The number of aromatic amines is 1. The first kappa shape index (κ1) is 15.7. The summed E-state index contributed by atoms with van der Waals surface area (Å²) in [6.07, 6.45) is 4.62. The van der Waals surface area contributed by atoms with Crippen LogP contribution in [0.15, 0.2) is 47.7 Å². The van der Waals surface area contributed by atoms with Gasteiger partial charge in [-0.3, -0.25) is 9.89 Å². The van der Waals surface area contributed by atoms with E-state index in [1.807, 2.05) is 20.8 Å². The van der Waals surface area contributed by atoms with Crippen molar-refractivity contribution in [2.45, 2.75) is 26.4 Å². The van der Waals surface area contributed by atoms with E-state index in [1.165, 1.54) is 15.6 Å². The van der Waals surface area contributed by atoms with Crippen LogP contribution in [0.2, 0.25) is 0 Å². The number of carbonyl (C=O) groups excluding carboxylic acids is 1.